The van der Waals surface area contributed by atoms with E-state index in [2.05, 4.69) is 9.88 Å². The highest BCUT2D eigenvalue weighted by Gasteiger charge is 2.43. The number of hydrogen-bond acceptors (Lipinski definition) is 5. The van der Waals surface area contributed by atoms with E-state index < -0.39 is 5.97 Å². The molecule has 7 nitrogen and oxygen atoms in total. The topological polar surface area (TPSA) is 106 Å². The van der Waals surface area contributed by atoms with Crippen LogP contribution in [0.25, 0.3) is 10.9 Å². The lowest BCUT2D eigenvalue weighted by Gasteiger charge is -2.39. The number of piperidine rings is 1. The number of anilines is 1. The smallest absolute Gasteiger partial charge is 0.339 e. The van der Waals surface area contributed by atoms with Gasteiger partial charge in [0.15, 0.2) is 0 Å². The molecule has 3 atom stereocenters. The van der Waals surface area contributed by atoms with Crippen LogP contribution in [0.1, 0.15) is 55.6 Å². The second-order valence-corrected chi connectivity index (χ2v) is 8.87. The maximum absolute atomic E-state index is 12.6. The van der Waals surface area contributed by atoms with Crippen molar-refractivity contribution in [1.29, 1.82) is 0 Å². The summed E-state index contributed by atoms with van der Waals surface area (Å²) in [5.74, 6) is 0.110. The number of aryl methyl sites for hydroxylation is 1. The molecule has 2 aromatic rings. The molecule has 3 heterocycles. The standard InChI is InChI=1S/C23H29N3O4/c1-12(2)22(27)26-15-7-8-16(26)10-14(9-15)11-30-18-6-4-5-17-20(18)21(24)19(23(28)29)13(3)25-17/h4-6,12,14-16H,7-11H2,1-3H3,(H2,24,25)(H,28,29)/t14?,15-,16?/m0/s1. The van der Waals surface area contributed by atoms with Crippen LogP contribution >= 0.6 is 0 Å². The van der Waals surface area contributed by atoms with Crippen molar-refractivity contribution in [1.82, 2.24) is 9.88 Å². The van der Waals surface area contributed by atoms with Crippen LogP contribution in [0.4, 0.5) is 5.69 Å². The highest BCUT2D eigenvalue weighted by atomic mass is 16.5. The number of ether oxygens (including phenoxy) is 1. The average Bonchev–Trinajstić information content (AvgIpc) is 2.94. The van der Waals surface area contributed by atoms with E-state index in [9.17, 15) is 14.7 Å². The molecule has 0 spiro atoms. The zero-order chi connectivity index (χ0) is 21.6. The minimum atomic E-state index is -1.09. The van der Waals surface area contributed by atoms with Gasteiger partial charge in [-0.25, -0.2) is 4.79 Å². The number of benzene rings is 1. The fourth-order valence-corrected chi connectivity index (χ4v) is 5.12. The monoisotopic (exact) mass is 411 g/mol. The van der Waals surface area contributed by atoms with Crippen molar-refractivity contribution in [3.8, 4) is 5.75 Å². The number of carbonyl (C=O) groups excluding carboxylic acids is 1. The fraction of sp³-hybridized carbons (Fsp3) is 0.522. The molecule has 0 aliphatic carbocycles. The third-order valence-electron chi connectivity index (χ3n) is 6.46. The Labute approximate surface area is 176 Å². The molecule has 2 aliphatic heterocycles. The van der Waals surface area contributed by atoms with E-state index in [4.69, 9.17) is 10.5 Å². The molecule has 1 amide bonds. The summed E-state index contributed by atoms with van der Waals surface area (Å²) in [5.41, 5.74) is 7.46. The molecule has 0 radical (unpaired) electrons. The van der Waals surface area contributed by atoms with Crippen LogP contribution in [0.15, 0.2) is 18.2 Å². The molecule has 160 valence electrons. The number of nitrogen functional groups attached to an aromatic ring is 1. The van der Waals surface area contributed by atoms with E-state index in [1.165, 1.54) is 0 Å². The molecule has 7 heteroatoms. The van der Waals surface area contributed by atoms with E-state index >= 15 is 0 Å². The number of carboxylic acids is 1. The molecule has 3 N–H and O–H groups in total. The van der Waals surface area contributed by atoms with Crippen LogP contribution in [0.2, 0.25) is 0 Å². The van der Waals surface area contributed by atoms with Crippen molar-refractivity contribution in [2.45, 2.75) is 58.5 Å². The summed E-state index contributed by atoms with van der Waals surface area (Å²) in [5, 5.41) is 10.1. The molecule has 0 saturated carbocycles. The molecule has 2 saturated heterocycles. The lowest BCUT2D eigenvalue weighted by Crippen LogP contribution is -2.48. The number of aromatic carboxylic acids is 1. The Morgan fingerprint density at radius 3 is 2.53 bits per heavy atom. The molecular weight excluding hydrogens is 382 g/mol. The van der Waals surface area contributed by atoms with Crippen LogP contribution in [-0.4, -0.2) is 45.6 Å². The molecule has 2 fully saturated rings. The number of amides is 1. The Bertz CT molecular complexity index is 990. The highest BCUT2D eigenvalue weighted by molar-refractivity contribution is 6.06. The number of hydrogen-bond donors (Lipinski definition) is 2. The second-order valence-electron chi connectivity index (χ2n) is 8.87. The Balaban J connectivity index is 1.53. The maximum Gasteiger partial charge on any atom is 0.339 e. The summed E-state index contributed by atoms with van der Waals surface area (Å²) in [7, 11) is 0. The number of carbonyl (C=O) groups is 2. The summed E-state index contributed by atoms with van der Waals surface area (Å²) in [4.78, 5) is 30.7. The predicted octanol–water partition coefficient (Wildman–Crippen LogP) is 3.63. The van der Waals surface area contributed by atoms with E-state index in [-0.39, 0.29) is 23.1 Å². The minimum absolute atomic E-state index is 0.0251. The van der Waals surface area contributed by atoms with Crippen LogP contribution in [0, 0.1) is 18.8 Å². The summed E-state index contributed by atoms with van der Waals surface area (Å²) in [6, 6.07) is 6.07. The first kappa shape index (κ1) is 20.4. The predicted molar refractivity (Wildman–Crippen MR) is 115 cm³/mol. The zero-order valence-corrected chi connectivity index (χ0v) is 17.7. The number of aromatic nitrogens is 1. The molecular formula is C23H29N3O4. The van der Waals surface area contributed by atoms with Gasteiger partial charge in [0.05, 0.1) is 28.9 Å². The molecule has 1 aromatic carbocycles. The van der Waals surface area contributed by atoms with E-state index in [0.29, 0.717) is 47.0 Å². The molecule has 2 bridgehead atoms. The van der Waals surface area contributed by atoms with Gasteiger partial charge in [0.1, 0.15) is 11.3 Å². The van der Waals surface area contributed by atoms with Crippen molar-refractivity contribution in [2.24, 2.45) is 11.8 Å². The van der Waals surface area contributed by atoms with E-state index in [1.807, 2.05) is 32.0 Å². The number of rotatable bonds is 5. The van der Waals surface area contributed by atoms with Crippen molar-refractivity contribution in [3.05, 3.63) is 29.5 Å². The third kappa shape index (κ3) is 3.46. The van der Waals surface area contributed by atoms with Crippen LogP contribution in [0.5, 0.6) is 5.75 Å². The number of pyridine rings is 1. The SMILES string of the molecule is Cc1nc2cccc(OCC3CC4CC[C@@H](C3)N4C(=O)C(C)C)c2c(N)c1C(=O)O. The van der Waals surface area contributed by atoms with Crippen LogP contribution in [-0.2, 0) is 4.79 Å². The van der Waals surface area contributed by atoms with Crippen molar-refractivity contribution >= 4 is 28.5 Å². The summed E-state index contributed by atoms with van der Waals surface area (Å²) in [6.07, 6.45) is 4.00. The molecule has 2 aliphatic rings. The molecule has 1 aromatic heterocycles. The van der Waals surface area contributed by atoms with Gasteiger partial charge in [-0.1, -0.05) is 19.9 Å². The molecule has 4 rings (SSSR count). The van der Waals surface area contributed by atoms with Gasteiger partial charge in [0.25, 0.3) is 0 Å². The van der Waals surface area contributed by atoms with Gasteiger partial charge in [0, 0.05) is 18.0 Å². The van der Waals surface area contributed by atoms with Crippen molar-refractivity contribution < 1.29 is 19.4 Å². The molecule has 30 heavy (non-hydrogen) atoms. The van der Waals surface area contributed by atoms with Crippen LogP contribution in [0.3, 0.4) is 0 Å². The Morgan fingerprint density at radius 1 is 1.27 bits per heavy atom. The Kier molecular flexibility index (Phi) is 5.30. The zero-order valence-electron chi connectivity index (χ0n) is 17.7. The number of fused-ring (bicyclic) bond motifs is 3. The minimum Gasteiger partial charge on any atom is -0.493 e. The van der Waals surface area contributed by atoms with Gasteiger partial charge < -0.3 is 20.5 Å². The number of nitrogens with zero attached hydrogens (tertiary/aromatic N) is 2. The largest absolute Gasteiger partial charge is 0.493 e. The first-order valence-electron chi connectivity index (χ1n) is 10.6. The lowest BCUT2D eigenvalue weighted by molar-refractivity contribution is -0.140. The van der Waals surface area contributed by atoms with Gasteiger partial charge in [-0.3, -0.25) is 9.78 Å². The van der Waals surface area contributed by atoms with Gasteiger partial charge in [-0.2, -0.15) is 0 Å². The summed E-state index contributed by atoms with van der Waals surface area (Å²) >= 11 is 0. The van der Waals surface area contributed by atoms with Crippen molar-refractivity contribution in [2.75, 3.05) is 12.3 Å². The summed E-state index contributed by atoms with van der Waals surface area (Å²) < 4.78 is 6.17. The van der Waals surface area contributed by atoms with E-state index in [1.54, 1.807) is 6.92 Å². The highest BCUT2D eigenvalue weighted by Crippen LogP contribution is 2.40. The van der Waals surface area contributed by atoms with Gasteiger partial charge in [0.2, 0.25) is 5.91 Å². The van der Waals surface area contributed by atoms with Crippen molar-refractivity contribution in [3.63, 3.8) is 0 Å². The average molecular weight is 412 g/mol. The number of nitrogens with two attached hydrogens (primary N) is 1. The van der Waals surface area contributed by atoms with Gasteiger partial charge >= 0.3 is 5.97 Å². The van der Waals surface area contributed by atoms with Gasteiger partial charge in [-0.05, 0) is 50.7 Å². The van der Waals surface area contributed by atoms with E-state index in [0.717, 1.165) is 25.7 Å². The Hall–Kier alpha value is -2.83. The lowest BCUT2D eigenvalue weighted by atomic mass is 9.90. The number of carboxylic acid groups (broad SMARTS) is 1. The second kappa shape index (κ2) is 7.78. The first-order valence-corrected chi connectivity index (χ1v) is 10.6. The summed E-state index contributed by atoms with van der Waals surface area (Å²) in [6.45, 7) is 6.09. The van der Waals surface area contributed by atoms with Gasteiger partial charge in [-0.15, -0.1) is 0 Å². The third-order valence-corrected chi connectivity index (χ3v) is 6.46. The fourth-order valence-electron chi connectivity index (χ4n) is 5.12. The molecule has 2 unspecified atom stereocenters. The quantitative estimate of drug-likeness (QED) is 0.778. The maximum atomic E-state index is 12.6. The van der Waals surface area contributed by atoms with Crippen LogP contribution < -0.4 is 10.5 Å². The normalized spacial score (nSPS) is 23.2. The Morgan fingerprint density at radius 2 is 1.93 bits per heavy atom. The first-order chi connectivity index (χ1) is 14.3.